The molecule has 2 rings (SSSR count). The van der Waals surface area contributed by atoms with Gasteiger partial charge in [0, 0.05) is 12.1 Å². The number of rotatable bonds is 6. The van der Waals surface area contributed by atoms with E-state index in [1.165, 1.54) is 12.8 Å². The smallest absolute Gasteiger partial charge is 0.127 e. The SMILES string of the molecule is COc1cccc(OC)c1CNCC1CC1. The maximum atomic E-state index is 5.34. The predicted molar refractivity (Wildman–Crippen MR) is 64.0 cm³/mol. The molecule has 16 heavy (non-hydrogen) atoms. The molecular formula is C13H19NO2. The Morgan fingerprint density at radius 3 is 2.31 bits per heavy atom. The molecule has 88 valence electrons. The lowest BCUT2D eigenvalue weighted by atomic mass is 10.1. The zero-order valence-corrected chi connectivity index (χ0v) is 9.95. The number of nitrogens with one attached hydrogen (secondary N) is 1. The molecule has 0 amide bonds. The highest BCUT2D eigenvalue weighted by Gasteiger charge is 2.20. The Balaban J connectivity index is 2.02. The lowest BCUT2D eigenvalue weighted by Gasteiger charge is -2.13. The molecule has 0 saturated heterocycles. The second kappa shape index (κ2) is 5.21. The van der Waals surface area contributed by atoms with Crippen LogP contribution >= 0.6 is 0 Å². The molecule has 0 atom stereocenters. The van der Waals surface area contributed by atoms with Gasteiger partial charge >= 0.3 is 0 Å². The first-order valence-corrected chi connectivity index (χ1v) is 5.75. The van der Waals surface area contributed by atoms with E-state index in [1.807, 2.05) is 18.2 Å². The van der Waals surface area contributed by atoms with E-state index in [0.29, 0.717) is 0 Å². The number of methoxy groups -OCH3 is 2. The van der Waals surface area contributed by atoms with Gasteiger partial charge in [-0.05, 0) is 37.4 Å². The van der Waals surface area contributed by atoms with Gasteiger partial charge in [0.2, 0.25) is 0 Å². The molecular weight excluding hydrogens is 202 g/mol. The second-order valence-electron chi connectivity index (χ2n) is 4.22. The fourth-order valence-electron chi connectivity index (χ4n) is 1.83. The van der Waals surface area contributed by atoms with Gasteiger partial charge in [-0.25, -0.2) is 0 Å². The van der Waals surface area contributed by atoms with Gasteiger partial charge in [-0.15, -0.1) is 0 Å². The van der Waals surface area contributed by atoms with Crippen LogP contribution in [0, 0.1) is 5.92 Å². The van der Waals surface area contributed by atoms with Crippen LogP contribution < -0.4 is 14.8 Å². The fraction of sp³-hybridized carbons (Fsp3) is 0.538. The zero-order valence-electron chi connectivity index (χ0n) is 9.95. The molecule has 0 aromatic heterocycles. The molecule has 0 radical (unpaired) electrons. The van der Waals surface area contributed by atoms with Crippen LogP contribution in [-0.4, -0.2) is 20.8 Å². The van der Waals surface area contributed by atoms with E-state index in [1.54, 1.807) is 14.2 Å². The molecule has 1 N–H and O–H groups in total. The number of ether oxygens (including phenoxy) is 2. The van der Waals surface area contributed by atoms with Gasteiger partial charge in [0.05, 0.1) is 14.2 Å². The molecule has 3 heteroatoms. The molecule has 0 bridgehead atoms. The van der Waals surface area contributed by atoms with Crippen molar-refractivity contribution in [2.75, 3.05) is 20.8 Å². The van der Waals surface area contributed by atoms with E-state index in [4.69, 9.17) is 9.47 Å². The Morgan fingerprint density at radius 2 is 1.81 bits per heavy atom. The minimum Gasteiger partial charge on any atom is -0.496 e. The fourth-order valence-corrected chi connectivity index (χ4v) is 1.83. The largest absolute Gasteiger partial charge is 0.496 e. The van der Waals surface area contributed by atoms with Gasteiger partial charge in [-0.3, -0.25) is 0 Å². The van der Waals surface area contributed by atoms with Crippen LogP contribution in [0.15, 0.2) is 18.2 Å². The van der Waals surface area contributed by atoms with E-state index < -0.39 is 0 Å². The van der Waals surface area contributed by atoms with Crippen LogP contribution in [0.25, 0.3) is 0 Å². The van der Waals surface area contributed by atoms with Crippen molar-refractivity contribution in [2.45, 2.75) is 19.4 Å². The molecule has 1 saturated carbocycles. The third-order valence-electron chi connectivity index (χ3n) is 2.96. The molecule has 1 fully saturated rings. The molecule has 0 heterocycles. The van der Waals surface area contributed by atoms with Gasteiger partial charge in [-0.1, -0.05) is 6.07 Å². The normalized spacial score (nSPS) is 14.9. The highest BCUT2D eigenvalue weighted by Crippen LogP contribution is 2.30. The predicted octanol–water partition coefficient (Wildman–Crippen LogP) is 2.20. The van der Waals surface area contributed by atoms with Crippen LogP contribution in [0.5, 0.6) is 11.5 Å². The first-order chi connectivity index (χ1) is 7.85. The summed E-state index contributed by atoms with van der Waals surface area (Å²) < 4.78 is 10.7. The Bertz CT molecular complexity index is 326. The van der Waals surface area contributed by atoms with Crippen LogP contribution in [-0.2, 0) is 6.54 Å². The van der Waals surface area contributed by atoms with Crippen LogP contribution in [0.1, 0.15) is 18.4 Å². The first kappa shape index (κ1) is 11.3. The highest BCUT2D eigenvalue weighted by atomic mass is 16.5. The molecule has 0 aliphatic heterocycles. The summed E-state index contributed by atoms with van der Waals surface area (Å²) in [4.78, 5) is 0. The lowest BCUT2D eigenvalue weighted by molar-refractivity contribution is 0.382. The quantitative estimate of drug-likeness (QED) is 0.799. The van der Waals surface area contributed by atoms with Crippen molar-refractivity contribution in [3.05, 3.63) is 23.8 Å². The van der Waals surface area contributed by atoms with Crippen molar-refractivity contribution in [1.82, 2.24) is 5.32 Å². The number of hydrogen-bond donors (Lipinski definition) is 1. The maximum absolute atomic E-state index is 5.34. The van der Waals surface area contributed by atoms with Gasteiger partial charge in [0.15, 0.2) is 0 Å². The van der Waals surface area contributed by atoms with Gasteiger partial charge in [0.25, 0.3) is 0 Å². The topological polar surface area (TPSA) is 30.5 Å². The minimum atomic E-state index is 0.809. The van der Waals surface area contributed by atoms with Gasteiger partial charge < -0.3 is 14.8 Å². The molecule has 1 aromatic carbocycles. The molecule has 0 spiro atoms. The summed E-state index contributed by atoms with van der Waals surface area (Å²) in [6, 6.07) is 5.88. The average molecular weight is 221 g/mol. The van der Waals surface area contributed by atoms with E-state index >= 15 is 0 Å². The summed E-state index contributed by atoms with van der Waals surface area (Å²) in [5.74, 6) is 2.67. The Hall–Kier alpha value is -1.22. The second-order valence-corrected chi connectivity index (χ2v) is 4.22. The van der Waals surface area contributed by atoms with Gasteiger partial charge in [-0.2, -0.15) is 0 Å². The van der Waals surface area contributed by atoms with E-state index in [-0.39, 0.29) is 0 Å². The Kier molecular flexibility index (Phi) is 3.67. The molecule has 1 aliphatic carbocycles. The zero-order chi connectivity index (χ0) is 11.4. The summed E-state index contributed by atoms with van der Waals surface area (Å²) in [7, 11) is 3.39. The summed E-state index contributed by atoms with van der Waals surface area (Å²) >= 11 is 0. The molecule has 1 aromatic rings. The molecule has 1 aliphatic rings. The Labute approximate surface area is 96.8 Å². The summed E-state index contributed by atoms with van der Waals surface area (Å²) in [6.07, 6.45) is 2.74. The molecule has 0 unspecified atom stereocenters. The molecule has 3 nitrogen and oxygen atoms in total. The monoisotopic (exact) mass is 221 g/mol. The van der Waals surface area contributed by atoms with Crippen LogP contribution in [0.3, 0.4) is 0 Å². The Morgan fingerprint density at radius 1 is 1.19 bits per heavy atom. The highest BCUT2D eigenvalue weighted by molar-refractivity contribution is 5.44. The third-order valence-corrected chi connectivity index (χ3v) is 2.96. The van der Waals surface area contributed by atoms with Crippen molar-refractivity contribution in [3.8, 4) is 11.5 Å². The van der Waals surface area contributed by atoms with E-state index in [0.717, 1.165) is 36.1 Å². The number of hydrogen-bond acceptors (Lipinski definition) is 3. The van der Waals surface area contributed by atoms with Gasteiger partial charge in [0.1, 0.15) is 11.5 Å². The minimum absolute atomic E-state index is 0.809. The maximum Gasteiger partial charge on any atom is 0.127 e. The summed E-state index contributed by atoms with van der Waals surface area (Å²) in [5, 5.41) is 3.45. The van der Waals surface area contributed by atoms with Crippen molar-refractivity contribution in [1.29, 1.82) is 0 Å². The van der Waals surface area contributed by atoms with Crippen molar-refractivity contribution < 1.29 is 9.47 Å². The summed E-state index contributed by atoms with van der Waals surface area (Å²) in [6.45, 7) is 1.91. The first-order valence-electron chi connectivity index (χ1n) is 5.75. The van der Waals surface area contributed by atoms with E-state index in [2.05, 4.69) is 5.32 Å². The average Bonchev–Trinajstić information content (AvgIpc) is 3.13. The standard InChI is InChI=1S/C13H19NO2/c1-15-12-4-3-5-13(16-2)11(12)9-14-8-10-6-7-10/h3-5,10,14H,6-9H2,1-2H3. The number of benzene rings is 1. The van der Waals surface area contributed by atoms with Crippen molar-refractivity contribution >= 4 is 0 Å². The third kappa shape index (κ3) is 2.67. The van der Waals surface area contributed by atoms with Crippen molar-refractivity contribution in [3.63, 3.8) is 0 Å². The van der Waals surface area contributed by atoms with Crippen LogP contribution in [0.4, 0.5) is 0 Å². The van der Waals surface area contributed by atoms with Crippen molar-refractivity contribution in [2.24, 2.45) is 5.92 Å². The van der Waals surface area contributed by atoms with Crippen LogP contribution in [0.2, 0.25) is 0 Å². The van der Waals surface area contributed by atoms with E-state index in [9.17, 15) is 0 Å². The lowest BCUT2D eigenvalue weighted by Crippen LogP contribution is -2.17. The summed E-state index contributed by atoms with van der Waals surface area (Å²) in [5.41, 5.74) is 1.10.